The van der Waals surface area contributed by atoms with Gasteiger partial charge in [-0.25, -0.2) is 4.79 Å². The number of carbonyl (C=O) groups excluding carboxylic acids is 1. The van der Waals surface area contributed by atoms with Crippen LogP contribution >= 0.6 is 0 Å². The number of nitrogens with zero attached hydrogens (tertiary/aromatic N) is 2. The van der Waals surface area contributed by atoms with Crippen LogP contribution < -0.4 is 4.90 Å². The number of para-hydroxylation sites is 1. The first-order valence-corrected chi connectivity index (χ1v) is 10.0. The van der Waals surface area contributed by atoms with Gasteiger partial charge in [0.15, 0.2) is 6.10 Å². The summed E-state index contributed by atoms with van der Waals surface area (Å²) in [6, 6.07) is 20.2. The molecule has 0 saturated carbocycles. The van der Waals surface area contributed by atoms with Crippen molar-refractivity contribution in [1.82, 2.24) is 0 Å². The number of anilines is 1. The molecule has 0 spiro atoms. The standard InChI is InChI=1S/C23H29N2O2/c1-25-16-13-20(14-17-25)22(18-25)27-23(26)24(21-10-6-3-7-11-21)15-12-19-8-4-2-5-9-19/h2-11,20,22H,12-18H2,1H3/q+1/t20?,22-,25?/m0/s1. The highest BCUT2D eigenvalue weighted by Crippen LogP contribution is 2.34. The number of piperidine rings is 3. The second-order valence-corrected chi connectivity index (χ2v) is 8.23. The van der Waals surface area contributed by atoms with E-state index in [0.29, 0.717) is 12.5 Å². The number of hydrogen-bond donors (Lipinski definition) is 0. The lowest BCUT2D eigenvalue weighted by molar-refractivity contribution is -0.928. The van der Waals surface area contributed by atoms with Gasteiger partial charge in [0.05, 0.1) is 20.1 Å². The van der Waals surface area contributed by atoms with Gasteiger partial charge in [-0.15, -0.1) is 0 Å². The first-order chi connectivity index (χ1) is 13.1. The van der Waals surface area contributed by atoms with Crippen LogP contribution in [0.15, 0.2) is 60.7 Å². The second kappa shape index (κ2) is 7.73. The molecule has 4 nitrogen and oxygen atoms in total. The van der Waals surface area contributed by atoms with Crippen LogP contribution in [0.3, 0.4) is 0 Å². The molecule has 3 heterocycles. The van der Waals surface area contributed by atoms with Crippen LogP contribution in [0.25, 0.3) is 0 Å². The summed E-state index contributed by atoms with van der Waals surface area (Å²) in [4.78, 5) is 14.9. The van der Waals surface area contributed by atoms with Gasteiger partial charge in [-0.05, 0) is 24.1 Å². The molecule has 2 aromatic carbocycles. The maximum absolute atomic E-state index is 13.1. The SMILES string of the molecule is C[N+]12CCC(CC1)[C@@H](OC(=O)N(CCc1ccccc1)c1ccccc1)C2. The fraction of sp³-hybridized carbons (Fsp3) is 0.435. The van der Waals surface area contributed by atoms with E-state index in [2.05, 4.69) is 19.2 Å². The molecule has 3 aliphatic rings. The van der Waals surface area contributed by atoms with Gasteiger partial charge in [0.2, 0.25) is 0 Å². The Bertz CT molecular complexity index is 754. The van der Waals surface area contributed by atoms with E-state index in [1.54, 1.807) is 4.90 Å². The third-order valence-corrected chi connectivity index (χ3v) is 6.23. The maximum Gasteiger partial charge on any atom is 0.414 e. The number of fused-ring (bicyclic) bond motifs is 3. The first-order valence-electron chi connectivity index (χ1n) is 10.0. The van der Waals surface area contributed by atoms with Crippen LogP contribution in [0.5, 0.6) is 0 Å². The number of likely N-dealkylation sites (N-methyl/N-ethyl adjacent to an activating group) is 1. The third-order valence-electron chi connectivity index (χ3n) is 6.23. The zero-order valence-electron chi connectivity index (χ0n) is 16.1. The Morgan fingerprint density at radius 3 is 2.30 bits per heavy atom. The summed E-state index contributed by atoms with van der Waals surface area (Å²) < 4.78 is 7.11. The smallest absolute Gasteiger partial charge is 0.414 e. The van der Waals surface area contributed by atoms with Crippen LogP contribution in [0.2, 0.25) is 0 Å². The van der Waals surface area contributed by atoms with Crippen molar-refractivity contribution in [3.63, 3.8) is 0 Å². The molecule has 1 atom stereocenters. The lowest BCUT2D eigenvalue weighted by Gasteiger charge is -2.49. The molecule has 0 N–H and O–H groups in total. The first kappa shape index (κ1) is 18.1. The summed E-state index contributed by atoms with van der Waals surface area (Å²) in [5, 5.41) is 0. The average Bonchev–Trinajstić information content (AvgIpc) is 2.70. The molecule has 27 heavy (non-hydrogen) atoms. The lowest BCUT2D eigenvalue weighted by atomic mass is 9.84. The number of carbonyl (C=O) groups is 1. The number of quaternary nitrogens is 1. The summed E-state index contributed by atoms with van der Waals surface area (Å²) >= 11 is 0. The second-order valence-electron chi connectivity index (χ2n) is 8.23. The Morgan fingerprint density at radius 1 is 1.04 bits per heavy atom. The van der Waals surface area contributed by atoms with Gasteiger partial charge in [-0.3, -0.25) is 4.90 Å². The quantitative estimate of drug-likeness (QED) is 0.746. The van der Waals surface area contributed by atoms with Gasteiger partial charge >= 0.3 is 6.09 Å². The van der Waals surface area contributed by atoms with Gasteiger partial charge in [0.25, 0.3) is 0 Å². The highest BCUT2D eigenvalue weighted by molar-refractivity contribution is 5.87. The van der Waals surface area contributed by atoms with Crippen molar-refractivity contribution in [1.29, 1.82) is 0 Å². The molecule has 142 valence electrons. The topological polar surface area (TPSA) is 29.5 Å². The highest BCUT2D eigenvalue weighted by Gasteiger charge is 2.45. The van der Waals surface area contributed by atoms with Crippen molar-refractivity contribution in [2.75, 3.05) is 38.1 Å². The van der Waals surface area contributed by atoms with Gasteiger partial charge in [-0.2, -0.15) is 0 Å². The van der Waals surface area contributed by atoms with Gasteiger partial charge < -0.3 is 9.22 Å². The zero-order valence-corrected chi connectivity index (χ0v) is 16.1. The number of rotatable bonds is 5. The van der Waals surface area contributed by atoms with Crippen molar-refractivity contribution < 1.29 is 14.0 Å². The predicted molar refractivity (Wildman–Crippen MR) is 108 cm³/mol. The van der Waals surface area contributed by atoms with Crippen molar-refractivity contribution in [3.05, 3.63) is 66.2 Å². The Labute approximate surface area is 161 Å². The summed E-state index contributed by atoms with van der Waals surface area (Å²) in [5.41, 5.74) is 2.13. The van der Waals surface area contributed by atoms with Crippen molar-refractivity contribution >= 4 is 11.8 Å². The molecule has 4 heteroatoms. The fourth-order valence-electron chi connectivity index (χ4n) is 4.49. The van der Waals surface area contributed by atoms with Crippen molar-refractivity contribution in [2.24, 2.45) is 5.92 Å². The molecule has 5 rings (SSSR count). The lowest BCUT2D eigenvalue weighted by Crippen LogP contribution is -2.62. The van der Waals surface area contributed by atoms with E-state index in [-0.39, 0.29) is 12.2 Å². The number of ether oxygens (including phenoxy) is 1. The van der Waals surface area contributed by atoms with E-state index in [4.69, 9.17) is 4.74 Å². The third kappa shape index (κ3) is 4.16. The average molecular weight is 365 g/mol. The predicted octanol–water partition coefficient (Wildman–Crippen LogP) is 4.11. The van der Waals surface area contributed by atoms with Crippen molar-refractivity contribution in [3.8, 4) is 0 Å². The van der Waals surface area contributed by atoms with E-state index in [1.807, 2.05) is 48.5 Å². The van der Waals surface area contributed by atoms with Crippen LogP contribution in [0.4, 0.5) is 10.5 Å². The molecule has 0 radical (unpaired) electrons. The van der Waals surface area contributed by atoms with Crippen LogP contribution in [-0.4, -0.2) is 49.9 Å². The molecule has 0 aromatic heterocycles. The van der Waals surface area contributed by atoms with E-state index >= 15 is 0 Å². The molecular weight excluding hydrogens is 336 g/mol. The Morgan fingerprint density at radius 2 is 1.67 bits per heavy atom. The van der Waals surface area contributed by atoms with E-state index < -0.39 is 0 Å². The minimum Gasteiger partial charge on any atom is -0.440 e. The van der Waals surface area contributed by atoms with Crippen LogP contribution in [-0.2, 0) is 11.2 Å². The summed E-state index contributed by atoms with van der Waals surface area (Å²) in [6.45, 7) is 4.01. The minimum atomic E-state index is -0.206. The van der Waals surface area contributed by atoms with Gasteiger partial charge in [-0.1, -0.05) is 48.5 Å². The molecule has 0 aliphatic carbocycles. The summed E-state index contributed by atoms with van der Waals surface area (Å²) in [5.74, 6) is 0.528. The number of amides is 1. The Hall–Kier alpha value is -2.33. The largest absolute Gasteiger partial charge is 0.440 e. The number of benzene rings is 2. The molecule has 2 aromatic rings. The minimum absolute atomic E-state index is 0.0490. The molecule has 3 saturated heterocycles. The summed E-state index contributed by atoms with van der Waals surface area (Å²) in [7, 11) is 2.29. The maximum atomic E-state index is 13.1. The molecule has 0 unspecified atom stereocenters. The molecule has 3 aliphatic heterocycles. The van der Waals surface area contributed by atoms with E-state index in [9.17, 15) is 4.79 Å². The normalized spacial score (nSPS) is 26.6. The zero-order chi connectivity index (χ0) is 18.7. The van der Waals surface area contributed by atoms with Crippen LogP contribution in [0.1, 0.15) is 18.4 Å². The monoisotopic (exact) mass is 365 g/mol. The molecule has 1 amide bonds. The van der Waals surface area contributed by atoms with Gasteiger partial charge in [0.1, 0.15) is 6.54 Å². The fourth-order valence-corrected chi connectivity index (χ4v) is 4.49. The van der Waals surface area contributed by atoms with E-state index in [1.165, 1.54) is 31.5 Å². The number of hydrogen-bond acceptors (Lipinski definition) is 2. The molecule has 2 bridgehead atoms. The Balaban J connectivity index is 1.47. The van der Waals surface area contributed by atoms with Crippen LogP contribution in [0, 0.1) is 5.92 Å². The molecule has 3 fully saturated rings. The highest BCUT2D eigenvalue weighted by atomic mass is 16.6. The molecular formula is C23H29N2O2+. The van der Waals surface area contributed by atoms with Gasteiger partial charge in [0, 0.05) is 31.0 Å². The van der Waals surface area contributed by atoms with Crippen molar-refractivity contribution in [2.45, 2.75) is 25.4 Å². The summed E-state index contributed by atoms with van der Waals surface area (Å²) in [6.07, 6.45) is 3.00. The van der Waals surface area contributed by atoms with E-state index in [0.717, 1.165) is 23.1 Å². The Kier molecular flexibility index (Phi) is 5.17.